The number of benzene rings is 1. The number of hydrogen-bond donors (Lipinski definition) is 2. The Morgan fingerprint density at radius 2 is 1.93 bits per heavy atom. The van der Waals surface area contributed by atoms with E-state index in [1.54, 1.807) is 11.6 Å². The third-order valence-corrected chi connectivity index (χ3v) is 4.34. The number of hydrogen-bond acceptors (Lipinski definition) is 4. The Kier molecular flexibility index (Phi) is 5.46. The maximum absolute atomic E-state index is 13.1. The summed E-state index contributed by atoms with van der Waals surface area (Å²) in [5.41, 5.74) is 0.969. The van der Waals surface area contributed by atoms with Gasteiger partial charge >= 0.3 is 17.3 Å². The molecule has 3 rings (SSSR count). The van der Waals surface area contributed by atoms with E-state index in [1.807, 2.05) is 44.2 Å². The molecule has 0 saturated heterocycles. The topological polar surface area (TPSA) is 93.1 Å². The molecule has 27 heavy (non-hydrogen) atoms. The highest BCUT2D eigenvalue weighted by Crippen LogP contribution is 2.12. The van der Waals surface area contributed by atoms with Crippen LogP contribution in [0.1, 0.15) is 25.8 Å². The summed E-state index contributed by atoms with van der Waals surface area (Å²) in [4.78, 5) is 28.8. The molecule has 0 aliphatic rings. The van der Waals surface area contributed by atoms with Gasteiger partial charge in [0.2, 0.25) is 0 Å². The highest BCUT2D eigenvalue weighted by atomic mass is 16.5. The molecule has 3 aromatic rings. The standard InChI is InChI=1S/C19H24N4O4/c1-13(2)27-18-20-16-15(23(18)12-14-8-5-4-6-9-14)17(25)22(10-7-11-24)19(26)21(16)3/h4-6,8-9,13,24H,7,10-12H2,1-3H3/p+1. The quantitative estimate of drug-likeness (QED) is 0.591. The average molecular weight is 373 g/mol. The van der Waals surface area contributed by atoms with Gasteiger partial charge in [0, 0.05) is 20.2 Å². The Hall–Kier alpha value is -2.87. The average Bonchev–Trinajstić information content (AvgIpc) is 2.98. The molecular formula is C19H25N4O4+. The third kappa shape index (κ3) is 3.66. The lowest BCUT2D eigenvalue weighted by molar-refractivity contribution is -0.669. The van der Waals surface area contributed by atoms with Gasteiger partial charge in [-0.15, -0.1) is 0 Å². The summed E-state index contributed by atoms with van der Waals surface area (Å²) in [6, 6.07) is 10.2. The van der Waals surface area contributed by atoms with Gasteiger partial charge in [0.15, 0.2) is 0 Å². The molecule has 1 aromatic carbocycles. The van der Waals surface area contributed by atoms with Crippen LogP contribution in [0.4, 0.5) is 0 Å². The van der Waals surface area contributed by atoms with Crippen molar-refractivity contribution in [3.05, 3.63) is 56.7 Å². The second kappa shape index (κ2) is 7.79. The number of aryl methyl sites for hydroxylation is 1. The maximum atomic E-state index is 13.1. The number of fused-ring (bicyclic) bond motifs is 1. The van der Waals surface area contributed by atoms with Crippen molar-refractivity contribution in [2.45, 2.75) is 39.5 Å². The Morgan fingerprint density at radius 1 is 1.22 bits per heavy atom. The minimum atomic E-state index is -0.426. The first kappa shape index (κ1) is 18.9. The van der Waals surface area contributed by atoms with Crippen molar-refractivity contribution in [2.24, 2.45) is 7.05 Å². The number of ether oxygens (including phenoxy) is 1. The molecule has 0 spiro atoms. The van der Waals surface area contributed by atoms with Crippen LogP contribution in [-0.2, 0) is 20.1 Å². The molecule has 144 valence electrons. The number of nitrogens with one attached hydrogen (secondary N) is 1. The van der Waals surface area contributed by atoms with Gasteiger partial charge in [-0.2, -0.15) is 9.55 Å². The van der Waals surface area contributed by atoms with Crippen molar-refractivity contribution in [1.82, 2.24) is 14.1 Å². The number of aliphatic hydroxyl groups is 1. The summed E-state index contributed by atoms with van der Waals surface area (Å²) in [6.07, 6.45) is 0.229. The lowest BCUT2D eigenvalue weighted by Crippen LogP contribution is -2.45. The fourth-order valence-corrected chi connectivity index (χ4v) is 3.07. The Balaban J connectivity index is 2.27. The van der Waals surface area contributed by atoms with E-state index >= 15 is 0 Å². The van der Waals surface area contributed by atoms with E-state index in [1.165, 1.54) is 4.57 Å². The van der Waals surface area contributed by atoms with Crippen LogP contribution in [-0.4, -0.2) is 31.9 Å². The molecule has 2 N–H and O–H groups in total. The molecule has 0 aliphatic carbocycles. The molecule has 0 fully saturated rings. The monoisotopic (exact) mass is 373 g/mol. The molecule has 0 radical (unpaired) electrons. The minimum absolute atomic E-state index is 0.0908. The zero-order chi connectivity index (χ0) is 19.6. The van der Waals surface area contributed by atoms with E-state index < -0.39 is 11.2 Å². The lowest BCUT2D eigenvalue weighted by Gasteiger charge is -2.07. The fourth-order valence-electron chi connectivity index (χ4n) is 3.07. The number of nitrogens with zero attached hydrogens (tertiary/aromatic N) is 3. The lowest BCUT2D eigenvalue weighted by atomic mass is 10.2. The SMILES string of the molecule is CC(C)Oc1[nH]c2c(c(=O)n(CCCO)c(=O)n2C)[n+]1Cc1ccccc1. The zero-order valence-electron chi connectivity index (χ0n) is 15.8. The molecule has 0 amide bonds. The summed E-state index contributed by atoms with van der Waals surface area (Å²) in [7, 11) is 1.61. The van der Waals surface area contributed by atoms with Gasteiger partial charge < -0.3 is 9.84 Å². The van der Waals surface area contributed by atoms with Crippen LogP contribution in [0.3, 0.4) is 0 Å². The molecule has 0 bridgehead atoms. The maximum Gasteiger partial charge on any atom is 0.456 e. The van der Waals surface area contributed by atoms with Gasteiger partial charge in [0.1, 0.15) is 12.6 Å². The van der Waals surface area contributed by atoms with E-state index in [0.29, 0.717) is 30.1 Å². The normalized spacial score (nSPS) is 11.4. The van der Waals surface area contributed by atoms with Gasteiger partial charge in [-0.3, -0.25) is 13.9 Å². The largest absolute Gasteiger partial charge is 0.456 e. The number of imidazole rings is 1. The predicted molar refractivity (Wildman–Crippen MR) is 101 cm³/mol. The van der Waals surface area contributed by atoms with Crippen LogP contribution in [0.15, 0.2) is 39.9 Å². The van der Waals surface area contributed by atoms with E-state index in [-0.39, 0.29) is 19.3 Å². The summed E-state index contributed by atoms with van der Waals surface area (Å²) < 4.78 is 10.2. The predicted octanol–water partition coefficient (Wildman–Crippen LogP) is 0.534. The smallest absolute Gasteiger partial charge is 0.428 e. The Bertz CT molecular complexity index is 1050. The van der Waals surface area contributed by atoms with Crippen LogP contribution in [0.2, 0.25) is 0 Å². The summed E-state index contributed by atoms with van der Waals surface area (Å²) in [5.74, 6) is 0. The number of aromatic amines is 1. The first-order valence-electron chi connectivity index (χ1n) is 9.00. The van der Waals surface area contributed by atoms with Crippen LogP contribution < -0.4 is 20.6 Å². The first-order chi connectivity index (χ1) is 12.9. The molecule has 8 heteroatoms. The van der Waals surface area contributed by atoms with Crippen LogP contribution in [0.25, 0.3) is 11.2 Å². The molecule has 0 saturated carbocycles. The molecule has 0 unspecified atom stereocenters. The second-order valence-corrected chi connectivity index (χ2v) is 6.74. The highest BCUT2D eigenvalue weighted by Gasteiger charge is 2.28. The highest BCUT2D eigenvalue weighted by molar-refractivity contribution is 5.66. The number of rotatable bonds is 7. The summed E-state index contributed by atoms with van der Waals surface area (Å²) in [5, 5.41) is 9.09. The van der Waals surface area contributed by atoms with Crippen molar-refractivity contribution in [1.29, 1.82) is 0 Å². The molecular weight excluding hydrogens is 348 g/mol. The minimum Gasteiger partial charge on any atom is -0.428 e. The summed E-state index contributed by atoms with van der Waals surface area (Å²) in [6.45, 7) is 4.30. The van der Waals surface area contributed by atoms with Gasteiger partial charge in [0.25, 0.3) is 11.2 Å². The van der Waals surface area contributed by atoms with Gasteiger partial charge in [-0.1, -0.05) is 30.3 Å². The summed E-state index contributed by atoms with van der Waals surface area (Å²) >= 11 is 0. The van der Waals surface area contributed by atoms with E-state index in [9.17, 15) is 9.59 Å². The molecule has 0 aliphatic heterocycles. The molecule has 8 nitrogen and oxygen atoms in total. The number of aliphatic hydroxyl groups excluding tert-OH is 1. The van der Waals surface area contributed by atoms with Crippen molar-refractivity contribution in [3.63, 3.8) is 0 Å². The molecule has 2 aromatic heterocycles. The Morgan fingerprint density at radius 3 is 2.56 bits per heavy atom. The fraction of sp³-hybridized carbons (Fsp3) is 0.421. The third-order valence-electron chi connectivity index (χ3n) is 4.34. The number of aromatic nitrogens is 4. The molecule has 0 atom stereocenters. The zero-order valence-corrected chi connectivity index (χ0v) is 15.8. The van der Waals surface area contributed by atoms with Crippen molar-refractivity contribution < 1.29 is 14.4 Å². The van der Waals surface area contributed by atoms with Gasteiger partial charge in [0.05, 0.1) is 0 Å². The van der Waals surface area contributed by atoms with Crippen molar-refractivity contribution in [2.75, 3.05) is 6.61 Å². The second-order valence-electron chi connectivity index (χ2n) is 6.74. The van der Waals surface area contributed by atoms with Gasteiger partial charge in [-0.25, -0.2) is 4.79 Å². The van der Waals surface area contributed by atoms with E-state index in [0.717, 1.165) is 10.1 Å². The van der Waals surface area contributed by atoms with E-state index in [4.69, 9.17) is 9.84 Å². The van der Waals surface area contributed by atoms with Crippen LogP contribution >= 0.6 is 0 Å². The first-order valence-corrected chi connectivity index (χ1v) is 9.00. The molecule has 2 heterocycles. The Labute approximate surface area is 156 Å². The van der Waals surface area contributed by atoms with Crippen molar-refractivity contribution >= 4 is 11.2 Å². The van der Waals surface area contributed by atoms with E-state index in [2.05, 4.69) is 4.98 Å². The number of H-pyrrole nitrogens is 1. The van der Waals surface area contributed by atoms with Crippen LogP contribution in [0.5, 0.6) is 6.01 Å². The van der Waals surface area contributed by atoms with Gasteiger partial charge in [-0.05, 0) is 25.8 Å². The van der Waals surface area contributed by atoms with Crippen molar-refractivity contribution in [3.8, 4) is 6.01 Å². The van der Waals surface area contributed by atoms with Crippen LogP contribution in [0, 0.1) is 0 Å².